The molecule has 0 saturated carbocycles. The van der Waals surface area contributed by atoms with E-state index in [4.69, 9.17) is 16.3 Å². The minimum Gasteiger partial charge on any atom is -0.457 e. The predicted molar refractivity (Wildman–Crippen MR) is 77.9 cm³/mol. The second-order valence-corrected chi connectivity index (χ2v) is 5.60. The van der Waals surface area contributed by atoms with Crippen LogP contribution in [0.5, 0.6) is 11.5 Å². The summed E-state index contributed by atoms with van der Waals surface area (Å²) in [7, 11) is 0. The second-order valence-electron chi connectivity index (χ2n) is 3.56. The Morgan fingerprint density at radius 3 is 2.56 bits per heavy atom. The van der Waals surface area contributed by atoms with E-state index < -0.39 is 0 Å². The fourth-order valence-electron chi connectivity index (χ4n) is 1.42. The number of hydrogen-bond acceptors (Lipinski definition) is 1. The van der Waals surface area contributed by atoms with Gasteiger partial charge in [-0.3, -0.25) is 0 Å². The highest BCUT2D eigenvalue weighted by molar-refractivity contribution is 9.10. The first-order chi connectivity index (χ1) is 8.60. The van der Waals surface area contributed by atoms with Gasteiger partial charge in [-0.1, -0.05) is 15.9 Å². The van der Waals surface area contributed by atoms with Crippen LogP contribution in [0.3, 0.4) is 0 Å². The van der Waals surface area contributed by atoms with Crippen LogP contribution in [0.1, 0.15) is 5.56 Å². The molecule has 0 radical (unpaired) electrons. The number of rotatable bonds is 3. The van der Waals surface area contributed by atoms with Crippen molar-refractivity contribution in [3.8, 4) is 11.5 Å². The van der Waals surface area contributed by atoms with Crippen LogP contribution in [0.4, 0.5) is 4.39 Å². The molecule has 0 fully saturated rings. The van der Waals surface area contributed by atoms with Crippen LogP contribution in [-0.2, 0) is 5.88 Å². The van der Waals surface area contributed by atoms with Crippen LogP contribution in [-0.4, -0.2) is 0 Å². The minimum absolute atomic E-state index is 0.327. The Morgan fingerprint density at radius 2 is 1.89 bits per heavy atom. The third-order valence-electron chi connectivity index (χ3n) is 2.29. The second kappa shape index (κ2) is 6.04. The number of benzene rings is 2. The molecule has 0 bridgehead atoms. The standard InChI is InChI=1S/C13H8Br2ClFO/c14-9-1-4-13(8(5-9)7-16)18-10-2-3-11(15)12(17)6-10/h1-6H,7H2. The molecular weight excluding hydrogens is 386 g/mol. The molecule has 0 saturated heterocycles. The Labute approximate surface area is 126 Å². The van der Waals surface area contributed by atoms with Crippen LogP contribution in [0, 0.1) is 5.82 Å². The number of hydrogen-bond donors (Lipinski definition) is 0. The molecular formula is C13H8Br2ClFO. The highest BCUT2D eigenvalue weighted by Gasteiger charge is 2.07. The van der Waals surface area contributed by atoms with Crippen molar-refractivity contribution in [3.63, 3.8) is 0 Å². The zero-order valence-corrected chi connectivity index (χ0v) is 13.0. The summed E-state index contributed by atoms with van der Waals surface area (Å²) >= 11 is 12.3. The topological polar surface area (TPSA) is 9.23 Å². The van der Waals surface area contributed by atoms with Gasteiger partial charge in [-0.2, -0.15) is 0 Å². The van der Waals surface area contributed by atoms with E-state index in [1.54, 1.807) is 18.2 Å². The summed E-state index contributed by atoms with van der Waals surface area (Å²) in [6.07, 6.45) is 0. The Balaban J connectivity index is 2.30. The highest BCUT2D eigenvalue weighted by atomic mass is 79.9. The molecule has 5 heteroatoms. The number of alkyl halides is 1. The minimum atomic E-state index is -0.364. The lowest BCUT2D eigenvalue weighted by Gasteiger charge is -2.10. The van der Waals surface area contributed by atoms with Crippen molar-refractivity contribution in [1.82, 2.24) is 0 Å². The molecule has 2 aromatic rings. The van der Waals surface area contributed by atoms with Gasteiger partial charge in [0.05, 0.1) is 10.4 Å². The van der Waals surface area contributed by atoms with Gasteiger partial charge in [-0.25, -0.2) is 4.39 Å². The van der Waals surface area contributed by atoms with Crippen LogP contribution in [0.15, 0.2) is 45.3 Å². The van der Waals surface area contributed by atoms with E-state index >= 15 is 0 Å². The molecule has 0 heterocycles. The molecule has 0 unspecified atom stereocenters. The van der Waals surface area contributed by atoms with E-state index in [1.807, 2.05) is 12.1 Å². The fraction of sp³-hybridized carbons (Fsp3) is 0.0769. The third kappa shape index (κ3) is 3.25. The highest BCUT2D eigenvalue weighted by Crippen LogP contribution is 2.30. The molecule has 2 rings (SSSR count). The molecule has 0 atom stereocenters. The SMILES string of the molecule is Fc1cc(Oc2ccc(Br)cc2CCl)ccc1Br. The zero-order valence-electron chi connectivity index (χ0n) is 9.09. The van der Waals surface area contributed by atoms with E-state index in [0.717, 1.165) is 10.0 Å². The fourth-order valence-corrected chi connectivity index (χ4v) is 2.28. The van der Waals surface area contributed by atoms with Gasteiger partial charge >= 0.3 is 0 Å². The smallest absolute Gasteiger partial charge is 0.141 e. The molecule has 0 amide bonds. The van der Waals surface area contributed by atoms with E-state index in [1.165, 1.54) is 6.07 Å². The predicted octanol–water partition coefficient (Wildman–Crippen LogP) is 5.88. The largest absolute Gasteiger partial charge is 0.457 e. The van der Waals surface area contributed by atoms with Gasteiger partial charge in [0.1, 0.15) is 17.3 Å². The maximum Gasteiger partial charge on any atom is 0.141 e. The van der Waals surface area contributed by atoms with Crippen molar-refractivity contribution in [1.29, 1.82) is 0 Å². The molecule has 0 aliphatic heterocycles. The van der Waals surface area contributed by atoms with Crippen LogP contribution >= 0.6 is 43.5 Å². The van der Waals surface area contributed by atoms with Gasteiger partial charge in [-0.05, 0) is 46.3 Å². The first-order valence-electron chi connectivity index (χ1n) is 5.07. The summed E-state index contributed by atoms with van der Waals surface area (Å²) in [4.78, 5) is 0. The lowest BCUT2D eigenvalue weighted by atomic mass is 10.2. The van der Waals surface area contributed by atoms with Gasteiger partial charge < -0.3 is 4.74 Å². The molecule has 94 valence electrons. The Hall–Kier alpha value is -0.580. The summed E-state index contributed by atoms with van der Waals surface area (Å²) in [5.41, 5.74) is 0.842. The van der Waals surface area contributed by atoms with Crippen molar-refractivity contribution < 1.29 is 9.13 Å². The van der Waals surface area contributed by atoms with E-state index in [0.29, 0.717) is 21.9 Å². The van der Waals surface area contributed by atoms with Crippen LogP contribution < -0.4 is 4.74 Å². The van der Waals surface area contributed by atoms with Gasteiger partial charge in [0.25, 0.3) is 0 Å². The summed E-state index contributed by atoms with van der Waals surface area (Å²) in [5.74, 6) is 1.02. The van der Waals surface area contributed by atoms with Crippen molar-refractivity contribution in [3.05, 3.63) is 56.7 Å². The molecule has 0 aromatic heterocycles. The molecule has 2 aromatic carbocycles. The van der Waals surface area contributed by atoms with Crippen LogP contribution in [0.2, 0.25) is 0 Å². The zero-order chi connectivity index (χ0) is 13.1. The van der Waals surface area contributed by atoms with Crippen molar-refractivity contribution in [2.45, 2.75) is 5.88 Å². The van der Waals surface area contributed by atoms with Gasteiger partial charge in [0, 0.05) is 16.1 Å². The normalized spacial score (nSPS) is 10.4. The van der Waals surface area contributed by atoms with E-state index in [9.17, 15) is 4.39 Å². The molecule has 0 N–H and O–H groups in total. The first kappa shape index (κ1) is 13.8. The molecule has 0 spiro atoms. The lowest BCUT2D eigenvalue weighted by Crippen LogP contribution is -1.90. The van der Waals surface area contributed by atoms with Crippen LogP contribution in [0.25, 0.3) is 0 Å². The maximum absolute atomic E-state index is 13.4. The Morgan fingerprint density at radius 1 is 1.11 bits per heavy atom. The Kier molecular flexibility index (Phi) is 4.65. The van der Waals surface area contributed by atoms with Crippen molar-refractivity contribution in [2.75, 3.05) is 0 Å². The van der Waals surface area contributed by atoms with E-state index in [-0.39, 0.29) is 5.82 Å². The third-order valence-corrected chi connectivity index (χ3v) is 3.71. The van der Waals surface area contributed by atoms with Gasteiger partial charge in [0.2, 0.25) is 0 Å². The van der Waals surface area contributed by atoms with E-state index in [2.05, 4.69) is 31.9 Å². The number of halogens is 4. The maximum atomic E-state index is 13.4. The summed E-state index contributed by atoms with van der Waals surface area (Å²) in [5, 5.41) is 0. The average molecular weight is 394 g/mol. The van der Waals surface area contributed by atoms with Crippen molar-refractivity contribution in [2.24, 2.45) is 0 Å². The monoisotopic (exact) mass is 392 g/mol. The number of ether oxygens (including phenoxy) is 1. The molecule has 0 aliphatic rings. The quantitative estimate of drug-likeness (QED) is 0.591. The first-order valence-corrected chi connectivity index (χ1v) is 7.19. The Bertz CT molecular complexity index is 575. The van der Waals surface area contributed by atoms with Gasteiger partial charge in [0.15, 0.2) is 0 Å². The molecule has 0 aliphatic carbocycles. The average Bonchev–Trinajstić information content (AvgIpc) is 2.36. The van der Waals surface area contributed by atoms with Gasteiger partial charge in [-0.15, -0.1) is 11.6 Å². The van der Waals surface area contributed by atoms with Crippen molar-refractivity contribution >= 4 is 43.5 Å². The summed E-state index contributed by atoms with van der Waals surface area (Å²) in [6, 6.07) is 10.1. The lowest BCUT2D eigenvalue weighted by molar-refractivity contribution is 0.472. The molecule has 1 nitrogen and oxygen atoms in total. The summed E-state index contributed by atoms with van der Waals surface area (Å²) < 4.78 is 20.3. The summed E-state index contributed by atoms with van der Waals surface area (Å²) in [6.45, 7) is 0. The molecule has 18 heavy (non-hydrogen) atoms.